The first-order valence-electron chi connectivity index (χ1n) is 11.2. The number of sulfonamides is 1. The molecule has 0 N–H and O–H groups in total. The second kappa shape index (κ2) is 9.86. The molecule has 1 aromatic rings. The fourth-order valence-electron chi connectivity index (χ4n) is 4.83. The number of carbonyl (C=O) groups excluding carboxylic acids is 2. The van der Waals surface area contributed by atoms with E-state index in [1.807, 2.05) is 9.80 Å². The number of benzene rings is 1. The molecule has 2 amide bonds. The van der Waals surface area contributed by atoms with E-state index in [9.17, 15) is 18.4 Å². The van der Waals surface area contributed by atoms with E-state index in [-0.39, 0.29) is 35.3 Å². The monoisotopic (exact) mass is 465 g/mol. The van der Waals surface area contributed by atoms with Gasteiger partial charge in [0.05, 0.1) is 13.7 Å². The first kappa shape index (κ1) is 23.2. The van der Waals surface area contributed by atoms with E-state index in [0.717, 1.165) is 12.8 Å². The van der Waals surface area contributed by atoms with E-state index < -0.39 is 10.4 Å². The maximum atomic E-state index is 13.1. The number of methoxy groups -OCH3 is 1. The number of ether oxygens (including phenoxy) is 2. The molecule has 0 spiro atoms. The van der Waals surface area contributed by atoms with Crippen LogP contribution in [0.4, 0.5) is 0 Å². The van der Waals surface area contributed by atoms with E-state index in [4.69, 9.17) is 9.47 Å². The lowest BCUT2D eigenvalue weighted by molar-refractivity contribution is -0.148. The Morgan fingerprint density at radius 3 is 2.50 bits per heavy atom. The summed E-state index contributed by atoms with van der Waals surface area (Å²) in [6.07, 6.45) is 2.59. The molecule has 0 aromatic heterocycles. The quantitative estimate of drug-likeness (QED) is 0.605. The number of amides is 2. The van der Waals surface area contributed by atoms with Crippen LogP contribution >= 0.6 is 0 Å². The van der Waals surface area contributed by atoms with Gasteiger partial charge in [-0.2, -0.15) is 0 Å². The lowest BCUT2D eigenvalue weighted by Crippen LogP contribution is -2.53. The minimum absolute atomic E-state index is 0.0330. The van der Waals surface area contributed by atoms with Gasteiger partial charge in [0.15, 0.2) is 15.3 Å². The molecule has 0 radical (unpaired) electrons. The maximum absolute atomic E-state index is 13.1. The van der Waals surface area contributed by atoms with Gasteiger partial charge in [-0.15, -0.1) is 4.31 Å². The van der Waals surface area contributed by atoms with Gasteiger partial charge in [-0.1, -0.05) is 10.3 Å². The van der Waals surface area contributed by atoms with Crippen molar-refractivity contribution < 1.29 is 27.8 Å². The fourth-order valence-corrected chi connectivity index (χ4v) is 6.33. The zero-order chi connectivity index (χ0) is 22.7. The lowest BCUT2D eigenvalue weighted by Gasteiger charge is -2.41. The summed E-state index contributed by atoms with van der Waals surface area (Å²) in [6, 6.07) is 6.64. The van der Waals surface area contributed by atoms with Crippen molar-refractivity contribution in [1.82, 2.24) is 14.1 Å². The molecule has 9 nitrogen and oxygen atoms in total. The van der Waals surface area contributed by atoms with E-state index in [0.29, 0.717) is 57.9 Å². The van der Waals surface area contributed by atoms with Crippen LogP contribution in [0.3, 0.4) is 0 Å². The van der Waals surface area contributed by atoms with Crippen LogP contribution in [0, 0.1) is 5.92 Å². The van der Waals surface area contributed by atoms with Crippen LogP contribution in [0.5, 0.6) is 5.75 Å². The van der Waals surface area contributed by atoms with Gasteiger partial charge >= 0.3 is 0 Å². The number of likely N-dealkylation sites (tertiary alicyclic amines) is 1. The molecule has 3 heterocycles. The molecular formula is C22H31N3O6S. The highest BCUT2D eigenvalue weighted by atomic mass is 32.3. The van der Waals surface area contributed by atoms with E-state index in [1.54, 1.807) is 18.2 Å². The number of morpholine rings is 1. The molecule has 176 valence electrons. The molecule has 3 aliphatic rings. The SMILES string of the molecule is COc1cccc([S+](=O)([O-])N2CCC(C(=O)N3CCC(N4CCOCC4=O)CC3)CC2)c1. The van der Waals surface area contributed by atoms with Crippen LogP contribution in [0.1, 0.15) is 25.7 Å². The predicted octanol–water partition coefficient (Wildman–Crippen LogP) is 1.16. The zero-order valence-corrected chi connectivity index (χ0v) is 19.3. The summed E-state index contributed by atoms with van der Waals surface area (Å²) in [5.41, 5.74) is 0. The van der Waals surface area contributed by atoms with Crippen molar-refractivity contribution in [2.24, 2.45) is 5.92 Å². The van der Waals surface area contributed by atoms with E-state index in [2.05, 4.69) is 0 Å². The van der Waals surface area contributed by atoms with Gasteiger partial charge in [-0.3, -0.25) is 9.59 Å². The van der Waals surface area contributed by atoms with Gasteiger partial charge < -0.3 is 23.8 Å². The lowest BCUT2D eigenvalue weighted by atomic mass is 9.94. The summed E-state index contributed by atoms with van der Waals surface area (Å²) in [5.74, 6) is 0.479. The maximum Gasteiger partial charge on any atom is 0.248 e. The minimum atomic E-state index is -3.61. The Balaban J connectivity index is 1.29. The van der Waals surface area contributed by atoms with Gasteiger partial charge in [0.2, 0.25) is 11.8 Å². The first-order valence-corrected chi connectivity index (χ1v) is 12.6. The van der Waals surface area contributed by atoms with Gasteiger partial charge in [0.25, 0.3) is 0 Å². The number of rotatable bonds is 5. The summed E-state index contributed by atoms with van der Waals surface area (Å²) in [7, 11) is -2.11. The number of piperidine rings is 2. The van der Waals surface area contributed by atoms with Gasteiger partial charge in [-0.25, -0.2) is 0 Å². The topological polar surface area (TPSA) is 102 Å². The van der Waals surface area contributed by atoms with Crippen LogP contribution < -0.4 is 4.74 Å². The van der Waals surface area contributed by atoms with Crippen molar-refractivity contribution in [3.05, 3.63) is 24.3 Å². The average Bonchev–Trinajstić information content (AvgIpc) is 2.84. The summed E-state index contributed by atoms with van der Waals surface area (Å²) in [5, 5.41) is 0. The van der Waals surface area contributed by atoms with E-state index in [1.165, 1.54) is 17.5 Å². The average molecular weight is 466 g/mol. The Bertz CT molecular complexity index is 880. The van der Waals surface area contributed by atoms with Crippen molar-refractivity contribution in [2.45, 2.75) is 36.6 Å². The largest absolute Gasteiger partial charge is 0.593 e. The van der Waals surface area contributed by atoms with Crippen molar-refractivity contribution in [2.75, 3.05) is 53.0 Å². The Labute approximate surface area is 190 Å². The molecule has 0 aliphatic carbocycles. The Morgan fingerprint density at radius 1 is 1.12 bits per heavy atom. The second-order valence-electron chi connectivity index (χ2n) is 8.55. The normalized spacial score (nSPS) is 23.8. The van der Waals surface area contributed by atoms with Crippen LogP contribution in [0.2, 0.25) is 0 Å². The molecule has 3 saturated heterocycles. The molecule has 0 bridgehead atoms. The molecule has 3 fully saturated rings. The van der Waals surface area contributed by atoms with Gasteiger partial charge in [0, 0.05) is 50.7 Å². The second-order valence-corrected chi connectivity index (χ2v) is 10.5. The number of hydrogen-bond donors (Lipinski definition) is 0. The number of carbonyl (C=O) groups is 2. The van der Waals surface area contributed by atoms with Crippen LogP contribution in [-0.2, 0) is 28.9 Å². The molecule has 32 heavy (non-hydrogen) atoms. The molecule has 4 rings (SSSR count). The molecule has 1 atom stereocenters. The minimum Gasteiger partial charge on any atom is -0.593 e. The highest BCUT2D eigenvalue weighted by Crippen LogP contribution is 2.30. The Kier molecular flexibility index (Phi) is 7.14. The summed E-state index contributed by atoms with van der Waals surface area (Å²) < 4.78 is 37.8. The zero-order valence-electron chi connectivity index (χ0n) is 18.4. The van der Waals surface area contributed by atoms with Crippen molar-refractivity contribution in [3.8, 4) is 5.75 Å². The van der Waals surface area contributed by atoms with Crippen molar-refractivity contribution in [3.63, 3.8) is 0 Å². The van der Waals surface area contributed by atoms with Crippen LogP contribution in [-0.4, -0.2) is 89.6 Å². The van der Waals surface area contributed by atoms with Crippen molar-refractivity contribution in [1.29, 1.82) is 0 Å². The molecule has 0 saturated carbocycles. The Hall–Kier alpha value is -2.01. The van der Waals surface area contributed by atoms with Crippen LogP contribution in [0.15, 0.2) is 29.2 Å². The fraction of sp³-hybridized carbons (Fsp3) is 0.636. The molecule has 1 unspecified atom stereocenters. The Morgan fingerprint density at radius 2 is 1.84 bits per heavy atom. The third-order valence-electron chi connectivity index (χ3n) is 6.72. The number of nitrogens with zero attached hydrogens (tertiary/aromatic N) is 3. The predicted molar refractivity (Wildman–Crippen MR) is 117 cm³/mol. The van der Waals surface area contributed by atoms with Gasteiger partial charge in [-0.05, 0) is 37.8 Å². The highest BCUT2D eigenvalue weighted by molar-refractivity contribution is 7.95. The summed E-state index contributed by atoms with van der Waals surface area (Å²) >= 11 is 0. The highest BCUT2D eigenvalue weighted by Gasteiger charge is 2.38. The van der Waals surface area contributed by atoms with Crippen molar-refractivity contribution >= 4 is 22.2 Å². The summed E-state index contributed by atoms with van der Waals surface area (Å²) in [6.45, 7) is 3.27. The van der Waals surface area contributed by atoms with E-state index >= 15 is 0 Å². The third kappa shape index (κ3) is 4.83. The molecule has 1 aromatic carbocycles. The summed E-state index contributed by atoms with van der Waals surface area (Å²) in [4.78, 5) is 29.1. The first-order chi connectivity index (χ1) is 15.4. The molecule has 10 heteroatoms. The molecular weight excluding hydrogens is 434 g/mol. The number of hydrogen-bond acceptors (Lipinski definition) is 6. The third-order valence-corrected chi connectivity index (χ3v) is 8.62. The standard InChI is InChI=1S/C22H31N3O6S/c1-30-19-3-2-4-20(15-19)32(28,29)24-11-5-17(6-12-24)22(27)23-9-7-18(8-10-23)25-13-14-31-16-21(25)26/h2-4,15,17-18H,5-14,16H2,1H3. The molecule has 3 aliphatic heterocycles. The smallest absolute Gasteiger partial charge is 0.248 e. The van der Waals surface area contributed by atoms with Gasteiger partial charge in [0.1, 0.15) is 12.4 Å². The van der Waals surface area contributed by atoms with Crippen LogP contribution in [0.25, 0.3) is 0 Å².